The molecule has 0 aliphatic rings. The van der Waals surface area contributed by atoms with Crippen LogP contribution in [0.1, 0.15) is 18.5 Å². The molecule has 19 heavy (non-hydrogen) atoms. The lowest BCUT2D eigenvalue weighted by molar-refractivity contribution is 0.399. The first-order valence-corrected chi connectivity index (χ1v) is 5.78. The number of nitrogen functional groups attached to an aromatic ring is 1. The standard InChI is InChI=1S/C13H15FN4O/c1-8(9-4-3-5-10(14)6-9)18-12-11(15)13(19-2)17-7-16-12/h3-8H,15H2,1-2H3,(H,16,17,18). The second-order valence-electron chi connectivity index (χ2n) is 4.07. The summed E-state index contributed by atoms with van der Waals surface area (Å²) < 4.78 is 18.2. The van der Waals surface area contributed by atoms with Gasteiger partial charge in [0.15, 0.2) is 5.82 Å². The molecule has 100 valence electrons. The van der Waals surface area contributed by atoms with Gasteiger partial charge in [-0.2, -0.15) is 4.98 Å². The minimum absolute atomic E-state index is 0.141. The van der Waals surface area contributed by atoms with E-state index in [1.165, 1.54) is 25.6 Å². The van der Waals surface area contributed by atoms with Crippen molar-refractivity contribution >= 4 is 11.5 Å². The Balaban J connectivity index is 2.21. The Kier molecular flexibility index (Phi) is 3.79. The highest BCUT2D eigenvalue weighted by molar-refractivity contribution is 5.66. The van der Waals surface area contributed by atoms with Crippen LogP contribution in [0.5, 0.6) is 5.88 Å². The van der Waals surface area contributed by atoms with Crippen LogP contribution in [0.4, 0.5) is 15.9 Å². The third kappa shape index (κ3) is 2.90. The number of nitrogens with one attached hydrogen (secondary N) is 1. The molecule has 1 heterocycles. The van der Waals surface area contributed by atoms with Crippen molar-refractivity contribution in [3.05, 3.63) is 42.0 Å². The van der Waals surface area contributed by atoms with E-state index in [0.29, 0.717) is 17.4 Å². The first-order valence-electron chi connectivity index (χ1n) is 5.78. The first-order chi connectivity index (χ1) is 9.11. The Morgan fingerprint density at radius 2 is 2.16 bits per heavy atom. The minimum Gasteiger partial charge on any atom is -0.479 e. The highest BCUT2D eigenvalue weighted by Gasteiger charge is 2.12. The number of benzene rings is 1. The minimum atomic E-state index is -0.278. The van der Waals surface area contributed by atoms with Crippen LogP contribution in [-0.2, 0) is 0 Å². The third-order valence-electron chi connectivity index (χ3n) is 2.74. The Bertz CT molecular complexity index is 576. The summed E-state index contributed by atoms with van der Waals surface area (Å²) in [6.07, 6.45) is 1.36. The van der Waals surface area contributed by atoms with Gasteiger partial charge < -0.3 is 15.8 Å². The van der Waals surface area contributed by atoms with E-state index >= 15 is 0 Å². The van der Waals surface area contributed by atoms with Crippen molar-refractivity contribution in [2.45, 2.75) is 13.0 Å². The number of nitrogens with two attached hydrogens (primary N) is 1. The lowest BCUT2D eigenvalue weighted by atomic mass is 10.1. The molecule has 0 radical (unpaired) electrons. The molecule has 0 saturated carbocycles. The molecule has 3 N–H and O–H groups in total. The molecule has 0 spiro atoms. The number of anilines is 2. The Morgan fingerprint density at radius 3 is 2.84 bits per heavy atom. The van der Waals surface area contributed by atoms with E-state index in [4.69, 9.17) is 10.5 Å². The SMILES string of the molecule is COc1ncnc(NC(C)c2cccc(F)c2)c1N. The van der Waals surface area contributed by atoms with Gasteiger partial charge in [-0.05, 0) is 24.6 Å². The highest BCUT2D eigenvalue weighted by atomic mass is 19.1. The number of hydrogen-bond donors (Lipinski definition) is 2. The Hall–Kier alpha value is -2.37. The topological polar surface area (TPSA) is 73.1 Å². The largest absolute Gasteiger partial charge is 0.479 e. The fourth-order valence-corrected chi connectivity index (χ4v) is 1.72. The van der Waals surface area contributed by atoms with Crippen LogP contribution in [0.3, 0.4) is 0 Å². The average molecular weight is 262 g/mol. The van der Waals surface area contributed by atoms with E-state index in [1.807, 2.05) is 13.0 Å². The molecule has 0 bridgehead atoms. The van der Waals surface area contributed by atoms with Crippen molar-refractivity contribution in [2.75, 3.05) is 18.2 Å². The molecule has 1 atom stereocenters. The second-order valence-corrected chi connectivity index (χ2v) is 4.07. The molecule has 2 rings (SSSR count). The van der Waals surface area contributed by atoms with Crippen molar-refractivity contribution in [1.29, 1.82) is 0 Å². The van der Waals surface area contributed by atoms with Crippen molar-refractivity contribution in [3.63, 3.8) is 0 Å². The average Bonchev–Trinajstić information content (AvgIpc) is 2.41. The van der Waals surface area contributed by atoms with Gasteiger partial charge in [0.1, 0.15) is 17.8 Å². The molecule has 0 fully saturated rings. The van der Waals surface area contributed by atoms with Gasteiger partial charge >= 0.3 is 0 Å². The molecule has 1 aromatic carbocycles. The molecule has 0 amide bonds. The zero-order valence-corrected chi connectivity index (χ0v) is 10.7. The molecule has 2 aromatic rings. The van der Waals surface area contributed by atoms with Crippen molar-refractivity contribution in [3.8, 4) is 5.88 Å². The van der Waals surface area contributed by atoms with Gasteiger partial charge in [0, 0.05) is 0 Å². The predicted octanol–water partition coefficient (Wildman–Crippen LogP) is 2.38. The van der Waals surface area contributed by atoms with Crippen LogP contribution in [-0.4, -0.2) is 17.1 Å². The van der Waals surface area contributed by atoms with Gasteiger partial charge in [0.2, 0.25) is 5.88 Å². The van der Waals surface area contributed by atoms with Crippen LogP contribution in [0.25, 0.3) is 0 Å². The Morgan fingerprint density at radius 1 is 1.37 bits per heavy atom. The normalized spacial score (nSPS) is 11.9. The fraction of sp³-hybridized carbons (Fsp3) is 0.231. The van der Waals surface area contributed by atoms with E-state index in [2.05, 4.69) is 15.3 Å². The summed E-state index contributed by atoms with van der Waals surface area (Å²) in [5.41, 5.74) is 6.99. The molecule has 6 heteroatoms. The molecule has 5 nitrogen and oxygen atoms in total. The fourth-order valence-electron chi connectivity index (χ4n) is 1.72. The van der Waals surface area contributed by atoms with Gasteiger partial charge in [-0.15, -0.1) is 0 Å². The smallest absolute Gasteiger partial charge is 0.242 e. The molecule has 1 aromatic heterocycles. The monoisotopic (exact) mass is 262 g/mol. The quantitative estimate of drug-likeness (QED) is 0.885. The number of nitrogens with zero attached hydrogens (tertiary/aromatic N) is 2. The van der Waals surface area contributed by atoms with Gasteiger partial charge in [-0.3, -0.25) is 0 Å². The number of ether oxygens (including phenoxy) is 1. The molecular weight excluding hydrogens is 247 g/mol. The zero-order valence-electron chi connectivity index (χ0n) is 10.7. The molecule has 1 unspecified atom stereocenters. The van der Waals surface area contributed by atoms with Crippen molar-refractivity contribution in [2.24, 2.45) is 0 Å². The van der Waals surface area contributed by atoms with Gasteiger partial charge in [-0.1, -0.05) is 12.1 Å². The number of aromatic nitrogens is 2. The van der Waals surface area contributed by atoms with E-state index in [9.17, 15) is 4.39 Å². The highest BCUT2D eigenvalue weighted by Crippen LogP contribution is 2.27. The van der Waals surface area contributed by atoms with Crippen LogP contribution in [0.2, 0.25) is 0 Å². The predicted molar refractivity (Wildman–Crippen MR) is 71.4 cm³/mol. The lowest BCUT2D eigenvalue weighted by Gasteiger charge is -2.16. The van der Waals surface area contributed by atoms with E-state index in [0.717, 1.165) is 5.56 Å². The maximum absolute atomic E-state index is 13.2. The number of methoxy groups -OCH3 is 1. The summed E-state index contributed by atoms with van der Waals surface area (Å²) in [6, 6.07) is 6.21. The molecular formula is C13H15FN4O. The molecule has 0 aliphatic carbocycles. The van der Waals surface area contributed by atoms with E-state index < -0.39 is 0 Å². The maximum atomic E-state index is 13.2. The van der Waals surface area contributed by atoms with E-state index in [-0.39, 0.29) is 11.9 Å². The van der Waals surface area contributed by atoms with Crippen LogP contribution in [0, 0.1) is 5.82 Å². The van der Waals surface area contributed by atoms with Gasteiger partial charge in [0.25, 0.3) is 0 Å². The number of rotatable bonds is 4. The summed E-state index contributed by atoms with van der Waals surface area (Å²) in [5, 5.41) is 3.11. The number of halogens is 1. The lowest BCUT2D eigenvalue weighted by Crippen LogP contribution is -2.11. The van der Waals surface area contributed by atoms with Crippen LogP contribution < -0.4 is 15.8 Å². The third-order valence-corrected chi connectivity index (χ3v) is 2.74. The van der Waals surface area contributed by atoms with Gasteiger partial charge in [0.05, 0.1) is 13.2 Å². The van der Waals surface area contributed by atoms with Crippen molar-refractivity contribution in [1.82, 2.24) is 9.97 Å². The summed E-state index contributed by atoms with van der Waals surface area (Å²) in [7, 11) is 1.48. The van der Waals surface area contributed by atoms with Gasteiger partial charge in [-0.25, -0.2) is 9.37 Å². The number of hydrogen-bond acceptors (Lipinski definition) is 5. The van der Waals surface area contributed by atoms with E-state index in [1.54, 1.807) is 6.07 Å². The van der Waals surface area contributed by atoms with Crippen molar-refractivity contribution < 1.29 is 9.13 Å². The Labute approximate surface area is 110 Å². The summed E-state index contributed by atoms with van der Waals surface area (Å²) in [4.78, 5) is 7.95. The zero-order chi connectivity index (χ0) is 13.8. The summed E-state index contributed by atoms with van der Waals surface area (Å²) >= 11 is 0. The van der Waals surface area contributed by atoms with Crippen LogP contribution >= 0.6 is 0 Å². The molecule has 0 aliphatic heterocycles. The first kappa shape index (κ1) is 13.1. The molecule has 0 saturated heterocycles. The van der Waals surface area contributed by atoms with Crippen LogP contribution in [0.15, 0.2) is 30.6 Å². The second kappa shape index (κ2) is 5.51. The maximum Gasteiger partial charge on any atom is 0.242 e. The summed E-state index contributed by atoms with van der Waals surface area (Å²) in [6.45, 7) is 1.89. The summed E-state index contributed by atoms with van der Waals surface area (Å²) in [5.74, 6) is 0.493.